The summed E-state index contributed by atoms with van der Waals surface area (Å²) in [6.45, 7) is 8.27. The summed E-state index contributed by atoms with van der Waals surface area (Å²) in [4.78, 5) is 4.42. The molecular weight excluding hydrogens is 237 g/mol. The van der Waals surface area contributed by atoms with E-state index in [0.717, 1.165) is 3.72 Å². The first-order chi connectivity index (χ1) is 4.45. The van der Waals surface area contributed by atoms with E-state index >= 15 is 0 Å². The van der Waals surface area contributed by atoms with E-state index in [4.69, 9.17) is 0 Å². The quantitative estimate of drug-likeness (QED) is 0.501. The zero-order valence-corrected chi connectivity index (χ0v) is 9.14. The van der Waals surface area contributed by atoms with Gasteiger partial charge in [-0.1, -0.05) is 6.08 Å². The van der Waals surface area contributed by atoms with Crippen molar-refractivity contribution in [3.63, 3.8) is 0 Å². The number of halogens is 1. The summed E-state index contributed by atoms with van der Waals surface area (Å²) in [5.74, 6) is 0. The Balaban J connectivity index is 4.17. The molecule has 0 saturated heterocycles. The van der Waals surface area contributed by atoms with Gasteiger partial charge >= 0.3 is 0 Å². The van der Waals surface area contributed by atoms with Crippen LogP contribution in [0.1, 0.15) is 27.7 Å². The lowest BCUT2D eigenvalue weighted by molar-refractivity contribution is 0.586. The monoisotopic (exact) mass is 251 g/mol. The molecule has 0 atom stereocenters. The summed E-state index contributed by atoms with van der Waals surface area (Å²) in [5.41, 5.74) is 0.0516. The number of hydrogen-bond acceptors (Lipinski definition) is 1. The molecule has 1 nitrogen and oxygen atoms in total. The summed E-state index contributed by atoms with van der Waals surface area (Å²) in [5, 5.41) is 0. The molecule has 0 aromatic rings. The minimum absolute atomic E-state index is 0.0516. The average molecular weight is 251 g/mol. The number of hydrogen-bond donors (Lipinski definition) is 0. The Kier molecular flexibility index (Phi) is 4.17. The summed E-state index contributed by atoms with van der Waals surface area (Å²) in [7, 11) is 0. The molecule has 2 heteroatoms. The van der Waals surface area contributed by atoms with Gasteiger partial charge in [0.1, 0.15) is 0 Å². The van der Waals surface area contributed by atoms with E-state index in [9.17, 15) is 0 Å². The van der Waals surface area contributed by atoms with Crippen LogP contribution in [0.25, 0.3) is 0 Å². The first kappa shape index (κ1) is 10.1. The maximum atomic E-state index is 4.42. The van der Waals surface area contributed by atoms with Gasteiger partial charge in [-0.15, -0.1) is 0 Å². The molecule has 0 heterocycles. The van der Waals surface area contributed by atoms with E-state index < -0.39 is 0 Å². The van der Waals surface area contributed by atoms with Crippen LogP contribution in [0.3, 0.4) is 0 Å². The lowest BCUT2D eigenvalue weighted by Gasteiger charge is -2.11. The second-order valence-corrected chi connectivity index (χ2v) is 4.21. The third kappa shape index (κ3) is 6.26. The highest BCUT2D eigenvalue weighted by atomic mass is 127. The van der Waals surface area contributed by atoms with E-state index in [-0.39, 0.29) is 5.54 Å². The zero-order chi connectivity index (χ0) is 8.20. The standard InChI is InChI=1S/C8H14IN/c1-5-6-7(9)10-8(2,3)4/h5-6H,1-4H3/b6-5+,10-7?. The molecule has 0 aromatic carbocycles. The smallest absolute Gasteiger partial charge is 0.0957 e. The molecule has 10 heavy (non-hydrogen) atoms. The first-order valence-electron chi connectivity index (χ1n) is 3.34. The lowest BCUT2D eigenvalue weighted by Crippen LogP contribution is -2.10. The fraction of sp³-hybridized carbons (Fsp3) is 0.625. The molecule has 0 aliphatic heterocycles. The van der Waals surface area contributed by atoms with E-state index in [1.165, 1.54) is 0 Å². The van der Waals surface area contributed by atoms with E-state index in [1.54, 1.807) is 0 Å². The molecule has 58 valence electrons. The Hall–Kier alpha value is 0.140. The highest BCUT2D eigenvalue weighted by molar-refractivity contribution is 14.1. The first-order valence-corrected chi connectivity index (χ1v) is 4.41. The van der Waals surface area contributed by atoms with E-state index in [2.05, 4.69) is 48.4 Å². The van der Waals surface area contributed by atoms with Gasteiger partial charge in [-0.25, -0.2) is 0 Å². The van der Waals surface area contributed by atoms with Crippen molar-refractivity contribution >= 4 is 26.3 Å². The van der Waals surface area contributed by atoms with Gasteiger partial charge in [0.15, 0.2) is 0 Å². The predicted octanol–water partition coefficient (Wildman–Crippen LogP) is 3.19. The van der Waals surface area contributed by atoms with Crippen LogP contribution >= 0.6 is 22.6 Å². The zero-order valence-electron chi connectivity index (χ0n) is 6.98. The molecule has 0 saturated carbocycles. The van der Waals surface area contributed by atoms with E-state index in [0.29, 0.717) is 0 Å². The molecule has 0 aliphatic carbocycles. The van der Waals surface area contributed by atoms with Crippen molar-refractivity contribution in [1.29, 1.82) is 0 Å². The van der Waals surface area contributed by atoms with Crippen molar-refractivity contribution in [2.24, 2.45) is 4.99 Å². The van der Waals surface area contributed by atoms with Crippen LogP contribution in [0.15, 0.2) is 17.1 Å². The Morgan fingerprint density at radius 2 is 1.90 bits per heavy atom. The van der Waals surface area contributed by atoms with Crippen LogP contribution in [-0.2, 0) is 0 Å². The van der Waals surface area contributed by atoms with Crippen LogP contribution in [0.5, 0.6) is 0 Å². The van der Waals surface area contributed by atoms with Crippen molar-refractivity contribution in [3.05, 3.63) is 12.2 Å². The summed E-state index contributed by atoms with van der Waals surface area (Å²) >= 11 is 2.23. The predicted molar refractivity (Wildman–Crippen MR) is 56.0 cm³/mol. The maximum absolute atomic E-state index is 4.42. The molecule has 0 bridgehead atoms. The van der Waals surface area contributed by atoms with Gasteiger partial charge in [0.2, 0.25) is 0 Å². The molecular formula is C8H14IN. The van der Waals surface area contributed by atoms with Crippen LogP contribution in [-0.4, -0.2) is 9.26 Å². The fourth-order valence-corrected chi connectivity index (χ4v) is 1.58. The van der Waals surface area contributed by atoms with Gasteiger partial charge in [-0.2, -0.15) is 0 Å². The fourth-order valence-electron chi connectivity index (χ4n) is 0.495. The Labute approximate surface area is 76.8 Å². The molecule has 0 unspecified atom stereocenters. The number of allylic oxidation sites excluding steroid dienone is 2. The average Bonchev–Trinajstić information content (AvgIpc) is 1.59. The van der Waals surface area contributed by atoms with Gasteiger partial charge in [-0.3, -0.25) is 4.99 Å². The van der Waals surface area contributed by atoms with Crippen LogP contribution in [0.4, 0.5) is 0 Å². The molecule has 0 radical (unpaired) electrons. The second-order valence-electron chi connectivity index (χ2n) is 3.11. The third-order valence-corrected chi connectivity index (χ3v) is 1.35. The highest BCUT2D eigenvalue weighted by Gasteiger charge is 2.06. The van der Waals surface area contributed by atoms with Gasteiger partial charge in [0.25, 0.3) is 0 Å². The molecule has 0 rings (SSSR count). The summed E-state index contributed by atoms with van der Waals surface area (Å²) in [6.07, 6.45) is 4.00. The summed E-state index contributed by atoms with van der Waals surface area (Å²) in [6, 6.07) is 0. The SMILES string of the molecule is C/C=C/C(I)=NC(C)(C)C. The Bertz CT molecular complexity index is 151. The molecule has 0 N–H and O–H groups in total. The van der Waals surface area contributed by atoms with Crippen molar-refractivity contribution in [3.8, 4) is 0 Å². The maximum Gasteiger partial charge on any atom is 0.0957 e. The van der Waals surface area contributed by atoms with Gasteiger partial charge in [-0.05, 0) is 56.4 Å². The van der Waals surface area contributed by atoms with Gasteiger partial charge in [0, 0.05) is 0 Å². The highest BCUT2D eigenvalue weighted by Crippen LogP contribution is 2.09. The lowest BCUT2D eigenvalue weighted by atomic mass is 10.1. The van der Waals surface area contributed by atoms with Crippen LogP contribution < -0.4 is 0 Å². The van der Waals surface area contributed by atoms with Gasteiger partial charge in [0.05, 0.1) is 9.26 Å². The van der Waals surface area contributed by atoms with Gasteiger partial charge < -0.3 is 0 Å². The minimum atomic E-state index is 0.0516. The normalized spacial score (nSPS) is 14.7. The molecule has 0 fully saturated rings. The van der Waals surface area contributed by atoms with E-state index in [1.807, 2.05) is 19.1 Å². The number of rotatable bonds is 1. The van der Waals surface area contributed by atoms with Crippen molar-refractivity contribution in [2.75, 3.05) is 0 Å². The number of nitrogens with zero attached hydrogens (tertiary/aromatic N) is 1. The van der Waals surface area contributed by atoms with Crippen molar-refractivity contribution in [1.82, 2.24) is 0 Å². The second kappa shape index (κ2) is 4.11. The third-order valence-electron chi connectivity index (χ3n) is 0.746. The molecule has 0 aliphatic rings. The summed E-state index contributed by atoms with van der Waals surface area (Å²) < 4.78 is 1.06. The molecule has 0 amide bonds. The Morgan fingerprint density at radius 3 is 2.20 bits per heavy atom. The topological polar surface area (TPSA) is 12.4 Å². The van der Waals surface area contributed by atoms with Crippen molar-refractivity contribution in [2.45, 2.75) is 33.2 Å². The largest absolute Gasteiger partial charge is 0.273 e. The molecule has 0 spiro atoms. The van der Waals surface area contributed by atoms with Crippen molar-refractivity contribution < 1.29 is 0 Å². The minimum Gasteiger partial charge on any atom is -0.273 e. The van der Waals surface area contributed by atoms with Crippen LogP contribution in [0, 0.1) is 0 Å². The molecule has 0 aromatic heterocycles. The number of aliphatic imine (C=N–C) groups is 1. The van der Waals surface area contributed by atoms with Crippen LogP contribution in [0.2, 0.25) is 0 Å². The Morgan fingerprint density at radius 1 is 1.40 bits per heavy atom.